The highest BCUT2D eigenvalue weighted by Gasteiger charge is 2.25. The highest BCUT2D eigenvalue weighted by atomic mass is 79.9. The maximum absolute atomic E-state index is 11.7. The van der Waals surface area contributed by atoms with Gasteiger partial charge in [-0.3, -0.25) is 0 Å². The molecule has 0 aliphatic rings. The molecule has 104 valence electrons. The molecule has 1 N–H and O–H groups in total. The Kier molecular flexibility index (Phi) is 6.30. The summed E-state index contributed by atoms with van der Waals surface area (Å²) in [6.07, 6.45) is 3.06. The molecule has 18 heavy (non-hydrogen) atoms. The smallest absolute Gasteiger partial charge is 0.151 e. The minimum absolute atomic E-state index is 0.0227. The van der Waals surface area contributed by atoms with Crippen LogP contribution < -0.4 is 5.32 Å². The number of rotatable bonds is 7. The zero-order chi connectivity index (χ0) is 13.8. The fraction of sp³-hybridized carbons (Fsp3) is 0.667. The third-order valence-corrected chi connectivity index (χ3v) is 6.34. The predicted octanol–water partition coefficient (Wildman–Crippen LogP) is 2.85. The van der Waals surface area contributed by atoms with E-state index in [0.717, 1.165) is 23.9 Å². The molecule has 1 rings (SSSR count). The lowest BCUT2D eigenvalue weighted by atomic mass is 10.1. The molecule has 0 fully saturated rings. The van der Waals surface area contributed by atoms with Crippen molar-refractivity contribution in [3.63, 3.8) is 0 Å². The molecule has 0 aromatic carbocycles. The molecule has 0 saturated carbocycles. The van der Waals surface area contributed by atoms with Crippen LogP contribution in [0.2, 0.25) is 0 Å². The Hall–Kier alpha value is 0.0900. The van der Waals surface area contributed by atoms with Gasteiger partial charge in [-0.15, -0.1) is 11.3 Å². The van der Waals surface area contributed by atoms with E-state index in [9.17, 15) is 8.42 Å². The molecule has 1 aromatic heterocycles. The zero-order valence-corrected chi connectivity index (χ0v) is 14.2. The van der Waals surface area contributed by atoms with Crippen molar-refractivity contribution in [2.75, 3.05) is 12.8 Å². The number of sulfone groups is 1. The van der Waals surface area contributed by atoms with Crippen LogP contribution in [0.15, 0.2) is 15.9 Å². The topological polar surface area (TPSA) is 46.2 Å². The van der Waals surface area contributed by atoms with Crippen molar-refractivity contribution in [1.29, 1.82) is 0 Å². The molecule has 0 radical (unpaired) electrons. The van der Waals surface area contributed by atoms with Gasteiger partial charge in [0.15, 0.2) is 9.84 Å². The summed E-state index contributed by atoms with van der Waals surface area (Å²) in [6, 6.07) is 2.03. The first-order valence-corrected chi connectivity index (χ1v) is 9.62. The van der Waals surface area contributed by atoms with Crippen molar-refractivity contribution < 1.29 is 8.42 Å². The van der Waals surface area contributed by atoms with Crippen LogP contribution in [-0.4, -0.2) is 32.5 Å². The van der Waals surface area contributed by atoms with Gasteiger partial charge in [-0.2, -0.15) is 0 Å². The summed E-state index contributed by atoms with van der Waals surface area (Å²) in [5, 5.41) is 5.00. The van der Waals surface area contributed by atoms with Gasteiger partial charge in [-0.05, 0) is 48.3 Å². The zero-order valence-electron chi connectivity index (χ0n) is 10.9. The largest absolute Gasteiger partial charge is 0.312 e. The minimum atomic E-state index is -3.02. The second-order valence-corrected chi connectivity index (χ2v) is 8.84. The molecular weight excluding hydrogens is 334 g/mol. The molecule has 0 aliphatic heterocycles. The molecule has 6 heteroatoms. The van der Waals surface area contributed by atoms with Gasteiger partial charge in [-0.1, -0.05) is 6.92 Å². The monoisotopic (exact) mass is 353 g/mol. The highest BCUT2D eigenvalue weighted by molar-refractivity contribution is 9.10. The molecule has 2 atom stereocenters. The summed E-state index contributed by atoms with van der Waals surface area (Å²) >= 11 is 5.08. The van der Waals surface area contributed by atoms with Gasteiger partial charge in [0.25, 0.3) is 0 Å². The maximum Gasteiger partial charge on any atom is 0.151 e. The standard InChI is InChI=1S/C12H20BrNO2S2/c1-4-5-14-12(9(2)18(3,15)16)7-11-6-10(13)8-17-11/h6,8-9,12,14H,4-5,7H2,1-3H3. The lowest BCUT2D eigenvalue weighted by Gasteiger charge is -2.23. The molecule has 0 aliphatic carbocycles. The quantitative estimate of drug-likeness (QED) is 0.819. The summed E-state index contributed by atoms with van der Waals surface area (Å²) in [5.74, 6) is 0. The predicted molar refractivity (Wildman–Crippen MR) is 82.1 cm³/mol. The molecule has 2 unspecified atom stereocenters. The van der Waals surface area contributed by atoms with Crippen LogP contribution in [0.5, 0.6) is 0 Å². The van der Waals surface area contributed by atoms with Crippen molar-refractivity contribution >= 4 is 37.1 Å². The van der Waals surface area contributed by atoms with Gasteiger partial charge >= 0.3 is 0 Å². The SMILES string of the molecule is CCCNC(Cc1cc(Br)cs1)C(C)S(C)(=O)=O. The van der Waals surface area contributed by atoms with E-state index in [1.54, 1.807) is 18.3 Å². The third-order valence-electron chi connectivity index (χ3n) is 2.94. The van der Waals surface area contributed by atoms with Crippen molar-refractivity contribution in [3.8, 4) is 0 Å². The number of nitrogens with one attached hydrogen (secondary N) is 1. The molecule has 1 aromatic rings. The van der Waals surface area contributed by atoms with Crippen molar-refractivity contribution in [2.24, 2.45) is 0 Å². The van der Waals surface area contributed by atoms with Crippen molar-refractivity contribution in [3.05, 3.63) is 20.8 Å². The Balaban J connectivity index is 2.78. The Labute approximate surface area is 122 Å². The van der Waals surface area contributed by atoms with E-state index >= 15 is 0 Å². The Morgan fingerprint density at radius 1 is 1.50 bits per heavy atom. The number of hydrogen-bond donors (Lipinski definition) is 1. The number of halogens is 1. The second-order valence-electron chi connectivity index (χ2n) is 4.53. The van der Waals surface area contributed by atoms with E-state index in [1.807, 2.05) is 5.38 Å². The lowest BCUT2D eigenvalue weighted by molar-refractivity contribution is 0.484. The first kappa shape index (κ1) is 16.1. The van der Waals surface area contributed by atoms with Crippen LogP contribution in [0.4, 0.5) is 0 Å². The number of hydrogen-bond acceptors (Lipinski definition) is 4. The van der Waals surface area contributed by atoms with Crippen LogP contribution in [-0.2, 0) is 16.3 Å². The summed E-state index contributed by atoms with van der Waals surface area (Å²) in [4.78, 5) is 1.20. The molecule has 3 nitrogen and oxygen atoms in total. The van der Waals surface area contributed by atoms with Gasteiger partial charge in [0, 0.05) is 27.0 Å². The van der Waals surface area contributed by atoms with E-state index in [4.69, 9.17) is 0 Å². The van der Waals surface area contributed by atoms with Gasteiger partial charge in [-0.25, -0.2) is 8.42 Å². The Bertz CT molecular complexity index is 470. The van der Waals surface area contributed by atoms with Gasteiger partial charge in [0.2, 0.25) is 0 Å². The second kappa shape index (κ2) is 7.03. The average molecular weight is 354 g/mol. The minimum Gasteiger partial charge on any atom is -0.312 e. The maximum atomic E-state index is 11.7. The Morgan fingerprint density at radius 2 is 2.17 bits per heavy atom. The van der Waals surface area contributed by atoms with Crippen LogP contribution in [0.1, 0.15) is 25.1 Å². The lowest BCUT2D eigenvalue weighted by Crippen LogP contribution is -2.44. The summed E-state index contributed by atoms with van der Waals surface area (Å²) in [7, 11) is -3.02. The summed E-state index contributed by atoms with van der Waals surface area (Å²) < 4.78 is 24.4. The van der Waals surface area contributed by atoms with Crippen LogP contribution in [0, 0.1) is 0 Å². The first-order valence-electron chi connectivity index (χ1n) is 5.99. The highest BCUT2D eigenvalue weighted by Crippen LogP contribution is 2.22. The first-order chi connectivity index (χ1) is 8.34. The van der Waals surface area contributed by atoms with E-state index in [2.05, 4.69) is 34.2 Å². The fourth-order valence-electron chi connectivity index (χ4n) is 1.71. The molecule has 0 saturated heterocycles. The van der Waals surface area contributed by atoms with E-state index in [1.165, 1.54) is 11.1 Å². The molecule has 0 amide bonds. The summed E-state index contributed by atoms with van der Waals surface area (Å²) in [6.45, 7) is 4.71. The molecule has 0 spiro atoms. The van der Waals surface area contributed by atoms with Crippen LogP contribution >= 0.6 is 27.3 Å². The molecular formula is C12H20BrNO2S2. The van der Waals surface area contributed by atoms with Crippen LogP contribution in [0.3, 0.4) is 0 Å². The van der Waals surface area contributed by atoms with Gasteiger partial charge in [0.05, 0.1) is 5.25 Å². The van der Waals surface area contributed by atoms with Gasteiger partial charge in [0.1, 0.15) is 0 Å². The Morgan fingerprint density at radius 3 is 2.61 bits per heavy atom. The van der Waals surface area contributed by atoms with E-state index in [-0.39, 0.29) is 11.3 Å². The third kappa shape index (κ3) is 4.99. The molecule has 1 heterocycles. The van der Waals surface area contributed by atoms with E-state index < -0.39 is 9.84 Å². The fourth-order valence-corrected chi connectivity index (χ4v) is 4.01. The van der Waals surface area contributed by atoms with Crippen molar-refractivity contribution in [1.82, 2.24) is 5.32 Å². The average Bonchev–Trinajstić information content (AvgIpc) is 2.68. The van der Waals surface area contributed by atoms with Gasteiger partial charge < -0.3 is 5.32 Å². The number of thiophene rings is 1. The van der Waals surface area contributed by atoms with Crippen LogP contribution in [0.25, 0.3) is 0 Å². The van der Waals surface area contributed by atoms with Crippen molar-refractivity contribution in [2.45, 2.75) is 38.0 Å². The summed E-state index contributed by atoms with van der Waals surface area (Å²) in [5.41, 5.74) is 0. The normalized spacial score (nSPS) is 15.6. The van der Waals surface area contributed by atoms with E-state index in [0.29, 0.717) is 0 Å². The molecule has 0 bridgehead atoms.